The molecular weight excluding hydrogens is 668 g/mol. The number of benzene rings is 3. The SMILES string of the molecule is CNC[C@@H]1C[C@H]2CCC[C@@]34CC[C@]5(O)CC(=O)C[C@@H](c6cc(OC)c(O)cc6CO)[C@H](Cc6ccccc6)C#C[C@@H](CN3)[C@H]5[C@]24c2cc(O)c(O)cc21. The Balaban J connectivity index is 1.34. The van der Waals surface area contributed by atoms with Crippen molar-refractivity contribution in [3.63, 3.8) is 0 Å². The number of aromatic hydroxyl groups is 3. The number of aliphatic hydroxyl groups excluding tert-OH is 1. The van der Waals surface area contributed by atoms with Gasteiger partial charge in [-0.15, -0.1) is 0 Å². The summed E-state index contributed by atoms with van der Waals surface area (Å²) in [5.41, 5.74) is 1.94. The minimum Gasteiger partial charge on any atom is -0.504 e. The lowest BCUT2D eigenvalue weighted by atomic mass is 9.35. The molecule has 5 aliphatic rings. The summed E-state index contributed by atoms with van der Waals surface area (Å²) in [5, 5.41) is 63.8. The van der Waals surface area contributed by atoms with E-state index in [9.17, 15) is 30.3 Å². The Labute approximate surface area is 311 Å². The molecule has 4 aliphatic carbocycles. The second-order valence-electron chi connectivity index (χ2n) is 16.5. The van der Waals surface area contributed by atoms with Crippen molar-refractivity contribution in [2.75, 3.05) is 27.2 Å². The first-order valence-corrected chi connectivity index (χ1v) is 19.3. The van der Waals surface area contributed by atoms with E-state index >= 15 is 0 Å². The zero-order valence-electron chi connectivity index (χ0n) is 30.7. The van der Waals surface area contributed by atoms with Crippen LogP contribution in [0.2, 0.25) is 0 Å². The average molecular weight is 721 g/mol. The maximum atomic E-state index is 14.7. The number of methoxy groups -OCH3 is 1. The fourth-order valence-electron chi connectivity index (χ4n) is 12.1. The van der Waals surface area contributed by atoms with Gasteiger partial charge in [-0.25, -0.2) is 0 Å². The van der Waals surface area contributed by atoms with Crippen LogP contribution in [0.15, 0.2) is 54.6 Å². The van der Waals surface area contributed by atoms with Crippen LogP contribution in [-0.4, -0.2) is 69.7 Å². The predicted octanol–water partition coefficient (Wildman–Crippen LogP) is 5.16. The van der Waals surface area contributed by atoms with Crippen molar-refractivity contribution in [1.29, 1.82) is 0 Å². The molecule has 0 unspecified atom stereocenters. The van der Waals surface area contributed by atoms with Crippen LogP contribution in [0.25, 0.3) is 0 Å². The van der Waals surface area contributed by atoms with Gasteiger partial charge in [-0.1, -0.05) is 48.6 Å². The third kappa shape index (κ3) is 5.64. The average Bonchev–Trinajstić information content (AvgIpc) is 3.15. The molecule has 1 spiro atoms. The van der Waals surface area contributed by atoms with Crippen molar-refractivity contribution >= 4 is 5.78 Å². The van der Waals surface area contributed by atoms with Gasteiger partial charge in [-0.05, 0) is 109 Å². The van der Waals surface area contributed by atoms with E-state index in [2.05, 4.69) is 34.6 Å². The number of carbonyl (C=O) groups is 1. The second kappa shape index (κ2) is 13.7. The van der Waals surface area contributed by atoms with Crippen molar-refractivity contribution in [2.24, 2.45) is 23.7 Å². The lowest BCUT2D eigenvalue weighted by molar-refractivity contribution is -0.195. The van der Waals surface area contributed by atoms with Crippen LogP contribution in [0.4, 0.5) is 0 Å². The van der Waals surface area contributed by atoms with Crippen molar-refractivity contribution in [3.05, 3.63) is 82.4 Å². The molecule has 1 heterocycles. The van der Waals surface area contributed by atoms with Gasteiger partial charge in [0.25, 0.3) is 0 Å². The predicted molar refractivity (Wildman–Crippen MR) is 201 cm³/mol. The van der Waals surface area contributed by atoms with E-state index in [-0.39, 0.29) is 83.4 Å². The molecule has 3 fully saturated rings. The number of likely N-dealkylation sites (N-methyl/N-ethyl adjacent to an activating group) is 1. The Bertz CT molecular complexity index is 1960. The van der Waals surface area contributed by atoms with E-state index in [4.69, 9.17) is 4.74 Å². The summed E-state index contributed by atoms with van der Waals surface area (Å²) < 4.78 is 5.51. The van der Waals surface area contributed by atoms with E-state index in [1.807, 2.05) is 25.2 Å². The molecule has 0 aromatic heterocycles. The summed E-state index contributed by atoms with van der Waals surface area (Å²) in [6, 6.07) is 16.8. The molecule has 3 aromatic carbocycles. The molecule has 1 saturated heterocycles. The molecule has 8 rings (SSSR count). The number of ketones is 1. The molecule has 1 aliphatic heterocycles. The maximum Gasteiger partial charge on any atom is 0.160 e. The number of carbonyl (C=O) groups excluding carboxylic acids is 1. The summed E-state index contributed by atoms with van der Waals surface area (Å²) in [4.78, 5) is 14.7. The Morgan fingerprint density at radius 3 is 2.53 bits per heavy atom. The molecular formula is C44H52N2O7. The molecule has 280 valence electrons. The smallest absolute Gasteiger partial charge is 0.160 e. The van der Waals surface area contributed by atoms with Crippen LogP contribution in [0.3, 0.4) is 0 Å². The second-order valence-corrected chi connectivity index (χ2v) is 16.5. The van der Waals surface area contributed by atoms with Gasteiger partial charge in [0.05, 0.1) is 19.3 Å². The van der Waals surface area contributed by atoms with Gasteiger partial charge in [-0.3, -0.25) is 4.79 Å². The number of hydrogen-bond acceptors (Lipinski definition) is 9. The minimum absolute atomic E-state index is 0.0298. The van der Waals surface area contributed by atoms with Crippen LogP contribution in [0.1, 0.15) is 91.0 Å². The highest BCUT2D eigenvalue weighted by Crippen LogP contribution is 2.70. The number of rotatable bonds is 7. The number of fused-ring (bicyclic) bond motifs is 1. The summed E-state index contributed by atoms with van der Waals surface area (Å²) in [6.07, 6.45) is 5.59. The molecule has 0 amide bonds. The van der Waals surface area contributed by atoms with Gasteiger partial charge in [0.15, 0.2) is 23.0 Å². The lowest BCUT2D eigenvalue weighted by Crippen LogP contribution is -2.80. The largest absolute Gasteiger partial charge is 0.504 e. The number of ether oxygens (including phenoxy) is 1. The topological polar surface area (TPSA) is 152 Å². The highest BCUT2D eigenvalue weighted by atomic mass is 16.5. The van der Waals surface area contributed by atoms with Crippen molar-refractivity contribution in [2.45, 2.75) is 92.8 Å². The van der Waals surface area contributed by atoms with Crippen molar-refractivity contribution < 1.29 is 35.1 Å². The van der Waals surface area contributed by atoms with Crippen LogP contribution in [0.5, 0.6) is 23.0 Å². The Morgan fingerprint density at radius 1 is 0.981 bits per heavy atom. The van der Waals surface area contributed by atoms with Crippen LogP contribution in [-0.2, 0) is 23.2 Å². The van der Waals surface area contributed by atoms with Gasteiger partial charge in [0, 0.05) is 60.6 Å². The highest BCUT2D eigenvalue weighted by molar-refractivity contribution is 5.81. The molecule has 9 nitrogen and oxygen atoms in total. The quantitative estimate of drug-likeness (QED) is 0.130. The van der Waals surface area contributed by atoms with Gasteiger partial charge < -0.3 is 40.9 Å². The fraction of sp³-hybridized carbons (Fsp3) is 0.523. The fourth-order valence-corrected chi connectivity index (χ4v) is 12.1. The highest BCUT2D eigenvalue weighted by Gasteiger charge is 2.73. The van der Waals surface area contributed by atoms with Crippen LogP contribution in [0, 0.1) is 35.5 Å². The third-order valence-electron chi connectivity index (χ3n) is 14.0. The normalized spacial score (nSPS) is 34.5. The molecule has 9 atom stereocenters. The maximum absolute atomic E-state index is 14.7. The minimum atomic E-state index is -1.36. The molecule has 2 bridgehead atoms. The number of phenols is 3. The Morgan fingerprint density at radius 2 is 1.77 bits per heavy atom. The third-order valence-corrected chi connectivity index (χ3v) is 14.0. The van der Waals surface area contributed by atoms with E-state index in [0.717, 1.165) is 48.9 Å². The summed E-state index contributed by atoms with van der Waals surface area (Å²) in [6.45, 7) is 0.963. The molecule has 2 saturated carbocycles. The van der Waals surface area contributed by atoms with E-state index in [0.29, 0.717) is 36.9 Å². The lowest BCUT2D eigenvalue weighted by Gasteiger charge is -2.73. The van der Waals surface area contributed by atoms with E-state index in [1.165, 1.54) is 13.2 Å². The number of piperidine rings is 1. The zero-order chi connectivity index (χ0) is 37.1. The Hall–Kier alpha value is -4.07. The summed E-state index contributed by atoms with van der Waals surface area (Å²) in [7, 11) is 3.42. The standard InChI is InChI=1S/C44H52N2O7/c1-45-23-29-16-31-9-6-12-43-14-13-42(52)22-32(48)18-33(34-20-40(53-2)39(51)17-30(34)25-47)27(15-26-7-4-3-5-8-26)10-11-28(24-46-43)41(42)44(31,43)36-21-38(50)37(49)19-35(29)36/h3-5,7-8,17,19-21,27-29,31,33,41,45-47,49-52H,6,9,12-16,18,22-25H2,1-2H3/t27-,28-,29-,31+,33+,41+,42-,43-,44+/m0/s1. The van der Waals surface area contributed by atoms with Gasteiger partial charge >= 0.3 is 0 Å². The van der Waals surface area contributed by atoms with Crippen molar-refractivity contribution in [3.8, 4) is 34.8 Å². The molecule has 3 aromatic rings. The number of aliphatic hydroxyl groups is 2. The number of Topliss-reactive ketones (excluding diaryl/α,β-unsaturated/α-hetero) is 1. The van der Waals surface area contributed by atoms with E-state index in [1.54, 1.807) is 18.2 Å². The van der Waals surface area contributed by atoms with Gasteiger partial charge in [0.1, 0.15) is 5.78 Å². The Kier molecular flexibility index (Phi) is 9.26. The van der Waals surface area contributed by atoms with Crippen molar-refractivity contribution in [1.82, 2.24) is 10.6 Å². The summed E-state index contributed by atoms with van der Waals surface area (Å²) in [5.74, 6) is 6.09. The van der Waals surface area contributed by atoms with Crippen LogP contribution >= 0.6 is 0 Å². The zero-order valence-corrected chi connectivity index (χ0v) is 30.7. The van der Waals surface area contributed by atoms with Crippen LogP contribution < -0.4 is 15.4 Å². The number of nitrogens with one attached hydrogen (secondary N) is 2. The molecule has 7 N–H and O–H groups in total. The molecule has 53 heavy (non-hydrogen) atoms. The number of phenolic OH excluding ortho intramolecular Hbond substituents is 3. The number of hydrogen-bond donors (Lipinski definition) is 7. The van der Waals surface area contributed by atoms with Gasteiger partial charge in [-0.2, -0.15) is 0 Å². The first-order valence-electron chi connectivity index (χ1n) is 19.3. The van der Waals surface area contributed by atoms with Gasteiger partial charge in [0.2, 0.25) is 0 Å². The first-order chi connectivity index (χ1) is 25.6. The molecule has 0 radical (unpaired) electrons. The monoisotopic (exact) mass is 720 g/mol. The molecule has 9 heteroatoms. The summed E-state index contributed by atoms with van der Waals surface area (Å²) >= 11 is 0. The first kappa shape index (κ1) is 35.9. The van der Waals surface area contributed by atoms with E-state index < -0.39 is 16.9 Å².